The van der Waals surface area contributed by atoms with Crippen LogP contribution in [0.25, 0.3) is 16.7 Å². The Morgan fingerprint density at radius 1 is 1.19 bits per heavy atom. The summed E-state index contributed by atoms with van der Waals surface area (Å²) in [6.07, 6.45) is 1.69. The minimum atomic E-state index is -0.508. The second kappa shape index (κ2) is 8.03. The van der Waals surface area contributed by atoms with E-state index < -0.39 is 5.97 Å². The molecule has 0 amide bonds. The molecule has 0 bridgehead atoms. The van der Waals surface area contributed by atoms with Gasteiger partial charge >= 0.3 is 5.97 Å². The van der Waals surface area contributed by atoms with E-state index in [0.29, 0.717) is 28.2 Å². The third-order valence-corrected chi connectivity index (χ3v) is 5.08. The zero-order chi connectivity index (χ0) is 22.1. The molecule has 1 aromatic carbocycles. The van der Waals surface area contributed by atoms with E-state index in [9.17, 15) is 10.1 Å². The van der Waals surface area contributed by atoms with Gasteiger partial charge in [-0.3, -0.25) is 0 Å². The van der Waals surface area contributed by atoms with Gasteiger partial charge in [-0.25, -0.2) is 19.1 Å². The van der Waals surface area contributed by atoms with Crippen molar-refractivity contribution in [3.05, 3.63) is 70.8 Å². The Labute approximate surface area is 179 Å². The van der Waals surface area contributed by atoms with Crippen LogP contribution in [-0.4, -0.2) is 30.5 Å². The molecule has 0 saturated heterocycles. The summed E-state index contributed by atoms with van der Waals surface area (Å²) < 4.78 is 9.06. The monoisotopic (exact) mass is 414 g/mol. The van der Waals surface area contributed by atoms with Crippen LogP contribution in [0.1, 0.15) is 52.9 Å². The lowest BCUT2D eigenvalue weighted by Gasteiger charge is -2.11. The lowest BCUT2D eigenvalue weighted by Crippen LogP contribution is -2.12. The van der Waals surface area contributed by atoms with E-state index in [1.165, 1.54) is 0 Å². The number of aromatic nitrogens is 5. The number of esters is 1. The van der Waals surface area contributed by atoms with E-state index in [1.54, 1.807) is 30.8 Å². The molecule has 0 N–H and O–H groups in total. The normalized spacial score (nSPS) is 11.1. The number of benzene rings is 1. The maximum Gasteiger partial charge on any atom is 0.340 e. The average molecular weight is 414 g/mol. The number of carbonyl (C=O) groups is 1. The Hall–Kier alpha value is -3.99. The third kappa shape index (κ3) is 3.66. The maximum atomic E-state index is 12.9. The Morgan fingerprint density at radius 3 is 2.61 bits per heavy atom. The van der Waals surface area contributed by atoms with Gasteiger partial charge in [-0.2, -0.15) is 15.5 Å². The fourth-order valence-corrected chi connectivity index (χ4v) is 3.50. The number of para-hydroxylation sites is 1. The van der Waals surface area contributed by atoms with Crippen LogP contribution in [-0.2, 0) is 11.3 Å². The molecule has 0 aliphatic heterocycles. The van der Waals surface area contributed by atoms with Crippen molar-refractivity contribution in [1.82, 2.24) is 24.5 Å². The SMILES string of the molecule is Cc1nc2c(cnn2C(C)C)cc1C(=O)OCc1c(C#N)c(C)nn1-c1ccccc1. The molecule has 31 heavy (non-hydrogen) atoms. The second-order valence-corrected chi connectivity index (χ2v) is 7.56. The number of hydrogen-bond donors (Lipinski definition) is 0. The molecular formula is C23H22N6O2. The molecule has 0 aliphatic rings. The first kappa shape index (κ1) is 20.3. The summed E-state index contributed by atoms with van der Waals surface area (Å²) in [5.74, 6) is -0.508. The molecule has 156 valence electrons. The van der Waals surface area contributed by atoms with Gasteiger partial charge in [0, 0.05) is 11.4 Å². The summed E-state index contributed by atoms with van der Waals surface area (Å²) in [4.78, 5) is 17.4. The van der Waals surface area contributed by atoms with E-state index in [2.05, 4.69) is 21.3 Å². The van der Waals surface area contributed by atoms with Crippen molar-refractivity contribution < 1.29 is 9.53 Å². The largest absolute Gasteiger partial charge is 0.455 e. The molecule has 0 aliphatic carbocycles. The standard InChI is InChI=1S/C23H22N6O2/c1-14(2)28-22-17(12-25-28)10-19(15(3)26-22)23(30)31-13-21-20(11-24)16(4)27-29(21)18-8-6-5-7-9-18/h5-10,12,14H,13H2,1-4H3. The summed E-state index contributed by atoms with van der Waals surface area (Å²) in [6.45, 7) is 7.50. The summed E-state index contributed by atoms with van der Waals surface area (Å²) >= 11 is 0. The molecule has 3 aromatic heterocycles. The molecular weight excluding hydrogens is 392 g/mol. The molecule has 0 spiro atoms. The number of pyridine rings is 1. The van der Waals surface area contributed by atoms with Crippen molar-refractivity contribution in [1.29, 1.82) is 5.26 Å². The fraction of sp³-hybridized carbons (Fsp3) is 0.261. The van der Waals surface area contributed by atoms with Crippen LogP contribution in [0.3, 0.4) is 0 Å². The third-order valence-electron chi connectivity index (χ3n) is 5.08. The molecule has 0 unspecified atom stereocenters. The summed E-state index contributed by atoms with van der Waals surface area (Å²) in [6, 6.07) is 13.5. The molecule has 0 radical (unpaired) electrons. The van der Waals surface area contributed by atoms with Gasteiger partial charge in [-0.15, -0.1) is 0 Å². The van der Waals surface area contributed by atoms with E-state index in [0.717, 1.165) is 16.7 Å². The summed E-state index contributed by atoms with van der Waals surface area (Å²) in [7, 11) is 0. The van der Waals surface area contributed by atoms with Gasteiger partial charge in [0.2, 0.25) is 0 Å². The highest BCUT2D eigenvalue weighted by atomic mass is 16.5. The van der Waals surface area contributed by atoms with Gasteiger partial charge in [-0.1, -0.05) is 18.2 Å². The highest BCUT2D eigenvalue weighted by Crippen LogP contribution is 2.22. The van der Waals surface area contributed by atoms with Gasteiger partial charge < -0.3 is 4.74 Å². The van der Waals surface area contributed by atoms with Crippen LogP contribution in [0.15, 0.2) is 42.6 Å². The van der Waals surface area contributed by atoms with Gasteiger partial charge in [0.15, 0.2) is 5.65 Å². The fourth-order valence-electron chi connectivity index (χ4n) is 3.50. The highest BCUT2D eigenvalue weighted by Gasteiger charge is 2.20. The van der Waals surface area contributed by atoms with Crippen molar-refractivity contribution >= 4 is 17.0 Å². The zero-order valence-electron chi connectivity index (χ0n) is 17.8. The Bertz CT molecular complexity index is 1310. The Kier molecular flexibility index (Phi) is 5.26. The Balaban J connectivity index is 1.64. The maximum absolute atomic E-state index is 12.9. The molecule has 0 atom stereocenters. The van der Waals surface area contributed by atoms with Crippen molar-refractivity contribution in [2.45, 2.75) is 40.3 Å². The van der Waals surface area contributed by atoms with Gasteiger partial charge in [-0.05, 0) is 45.9 Å². The molecule has 0 fully saturated rings. The van der Waals surface area contributed by atoms with Crippen LogP contribution in [0.4, 0.5) is 0 Å². The van der Waals surface area contributed by atoms with Crippen molar-refractivity contribution in [3.8, 4) is 11.8 Å². The van der Waals surface area contributed by atoms with E-state index in [-0.39, 0.29) is 12.6 Å². The Morgan fingerprint density at radius 2 is 1.94 bits per heavy atom. The number of hydrogen-bond acceptors (Lipinski definition) is 6. The predicted molar refractivity (Wildman–Crippen MR) is 115 cm³/mol. The first-order valence-corrected chi connectivity index (χ1v) is 9.96. The minimum Gasteiger partial charge on any atom is -0.455 e. The van der Waals surface area contributed by atoms with Crippen molar-refractivity contribution in [2.24, 2.45) is 0 Å². The lowest BCUT2D eigenvalue weighted by atomic mass is 10.1. The predicted octanol–water partition coefficient (Wildman–Crippen LogP) is 4.04. The zero-order valence-corrected chi connectivity index (χ0v) is 17.8. The average Bonchev–Trinajstić information content (AvgIpc) is 3.31. The lowest BCUT2D eigenvalue weighted by molar-refractivity contribution is 0.0463. The number of carbonyl (C=O) groups excluding carboxylic acids is 1. The number of ether oxygens (including phenoxy) is 1. The first-order chi connectivity index (χ1) is 14.9. The highest BCUT2D eigenvalue weighted by molar-refractivity contribution is 5.94. The van der Waals surface area contributed by atoms with E-state index in [1.807, 2.05) is 48.9 Å². The minimum absolute atomic E-state index is 0.0831. The second-order valence-electron chi connectivity index (χ2n) is 7.56. The van der Waals surface area contributed by atoms with Crippen LogP contribution < -0.4 is 0 Å². The van der Waals surface area contributed by atoms with Gasteiger partial charge in [0.05, 0.1) is 34.5 Å². The van der Waals surface area contributed by atoms with Crippen LogP contribution in [0, 0.1) is 25.2 Å². The van der Waals surface area contributed by atoms with Crippen molar-refractivity contribution in [3.63, 3.8) is 0 Å². The van der Waals surface area contributed by atoms with Gasteiger partial charge in [0.25, 0.3) is 0 Å². The van der Waals surface area contributed by atoms with Crippen LogP contribution in [0.5, 0.6) is 0 Å². The smallest absolute Gasteiger partial charge is 0.340 e. The number of fused-ring (bicyclic) bond motifs is 1. The molecule has 0 saturated carbocycles. The van der Waals surface area contributed by atoms with E-state index >= 15 is 0 Å². The number of aryl methyl sites for hydroxylation is 2. The topological polar surface area (TPSA) is 98.6 Å². The molecule has 4 aromatic rings. The summed E-state index contributed by atoms with van der Waals surface area (Å²) in [5.41, 5.74) is 3.97. The van der Waals surface area contributed by atoms with E-state index in [4.69, 9.17) is 4.74 Å². The number of nitriles is 1. The number of nitrogens with zero attached hydrogens (tertiary/aromatic N) is 6. The first-order valence-electron chi connectivity index (χ1n) is 9.96. The molecule has 3 heterocycles. The van der Waals surface area contributed by atoms with Gasteiger partial charge in [0.1, 0.15) is 18.2 Å². The molecule has 8 nitrogen and oxygen atoms in total. The summed E-state index contributed by atoms with van der Waals surface area (Å²) in [5, 5.41) is 19.2. The molecule has 8 heteroatoms. The van der Waals surface area contributed by atoms with Crippen molar-refractivity contribution in [2.75, 3.05) is 0 Å². The number of rotatable bonds is 5. The quantitative estimate of drug-likeness (QED) is 0.457. The van der Waals surface area contributed by atoms with Crippen LogP contribution in [0.2, 0.25) is 0 Å². The van der Waals surface area contributed by atoms with Crippen LogP contribution >= 0.6 is 0 Å². The molecule has 4 rings (SSSR count).